The summed E-state index contributed by atoms with van der Waals surface area (Å²) in [6, 6.07) is 14.7. The van der Waals surface area contributed by atoms with E-state index in [-0.39, 0.29) is 11.4 Å². The molecular formula is C19H26N4O3S2. The lowest BCUT2D eigenvalue weighted by atomic mass is 9.87. The summed E-state index contributed by atoms with van der Waals surface area (Å²) in [4.78, 5) is 11.9. The lowest BCUT2D eigenvalue weighted by Gasteiger charge is -2.19. The molecule has 152 valence electrons. The fourth-order valence-corrected chi connectivity index (χ4v) is 3.46. The van der Waals surface area contributed by atoms with Crippen LogP contribution in [0, 0.1) is 0 Å². The molecule has 0 aliphatic rings. The third-order valence-electron chi connectivity index (χ3n) is 3.89. The number of amides is 2. The molecule has 0 unspecified atom stereocenters. The van der Waals surface area contributed by atoms with Crippen molar-refractivity contribution in [3.8, 4) is 0 Å². The first-order valence-electron chi connectivity index (χ1n) is 8.67. The fourth-order valence-electron chi connectivity index (χ4n) is 2.36. The summed E-state index contributed by atoms with van der Waals surface area (Å²) in [5.41, 5.74) is 3.71. The second-order valence-electron chi connectivity index (χ2n) is 7.36. The molecule has 0 fully saturated rings. The molecule has 9 heteroatoms. The summed E-state index contributed by atoms with van der Waals surface area (Å²) in [6.07, 6.45) is 0. The molecule has 2 amide bonds. The van der Waals surface area contributed by atoms with Gasteiger partial charge in [-0.1, -0.05) is 57.2 Å². The number of hydrogen-bond donors (Lipinski definition) is 4. The van der Waals surface area contributed by atoms with Gasteiger partial charge in [0.25, 0.3) is 10.2 Å². The van der Waals surface area contributed by atoms with Gasteiger partial charge < -0.3 is 5.32 Å². The van der Waals surface area contributed by atoms with Crippen molar-refractivity contribution in [2.45, 2.75) is 38.5 Å². The van der Waals surface area contributed by atoms with E-state index in [0.29, 0.717) is 18.0 Å². The van der Waals surface area contributed by atoms with Gasteiger partial charge >= 0.3 is 6.03 Å². The molecule has 0 aliphatic carbocycles. The molecule has 0 bridgehead atoms. The van der Waals surface area contributed by atoms with Crippen LogP contribution in [0.15, 0.2) is 48.5 Å². The zero-order valence-corrected chi connectivity index (χ0v) is 17.8. The van der Waals surface area contributed by atoms with E-state index in [0.717, 1.165) is 11.1 Å². The minimum absolute atomic E-state index is 0.104. The predicted molar refractivity (Wildman–Crippen MR) is 115 cm³/mol. The van der Waals surface area contributed by atoms with Crippen LogP contribution >= 0.6 is 11.9 Å². The molecule has 0 saturated heterocycles. The van der Waals surface area contributed by atoms with Crippen LogP contribution in [0.1, 0.15) is 37.5 Å². The molecule has 2 aromatic rings. The number of urea groups is 1. The number of carbonyl (C=O) groups excluding carboxylic acids is 1. The number of nitrogens with one attached hydrogen (secondary N) is 3. The molecule has 2 aromatic carbocycles. The molecule has 0 atom stereocenters. The highest BCUT2D eigenvalue weighted by molar-refractivity contribution is 7.97. The second kappa shape index (κ2) is 9.31. The maximum Gasteiger partial charge on any atom is 0.325 e. The molecule has 0 saturated carbocycles. The van der Waals surface area contributed by atoms with Crippen molar-refractivity contribution in [3.63, 3.8) is 0 Å². The highest BCUT2D eigenvalue weighted by Gasteiger charge is 2.12. The molecule has 5 N–H and O–H groups in total. The first-order valence-corrected chi connectivity index (χ1v) is 11.2. The zero-order valence-electron chi connectivity index (χ0n) is 16.2. The van der Waals surface area contributed by atoms with E-state index in [1.807, 2.05) is 12.1 Å². The summed E-state index contributed by atoms with van der Waals surface area (Å²) in [5, 5.41) is 7.74. The van der Waals surface area contributed by atoms with Crippen molar-refractivity contribution in [2.24, 2.45) is 5.14 Å². The topological polar surface area (TPSA) is 113 Å². The normalized spacial score (nSPS) is 11.7. The van der Waals surface area contributed by atoms with Crippen molar-refractivity contribution in [1.29, 1.82) is 0 Å². The van der Waals surface area contributed by atoms with Gasteiger partial charge in [0, 0.05) is 18.0 Å². The van der Waals surface area contributed by atoms with E-state index in [1.54, 1.807) is 24.3 Å². The van der Waals surface area contributed by atoms with Crippen LogP contribution < -0.4 is 19.9 Å². The number of rotatable bonds is 7. The molecule has 0 spiro atoms. The highest BCUT2D eigenvalue weighted by Crippen LogP contribution is 2.22. The molecule has 2 rings (SSSR count). The van der Waals surface area contributed by atoms with E-state index < -0.39 is 10.2 Å². The van der Waals surface area contributed by atoms with Crippen molar-refractivity contribution in [2.75, 3.05) is 4.72 Å². The van der Waals surface area contributed by atoms with Crippen LogP contribution in [-0.4, -0.2) is 14.4 Å². The quantitative estimate of drug-likeness (QED) is 0.513. The fraction of sp³-hybridized carbons (Fsp3) is 0.316. The Bertz CT molecular complexity index is 890. The summed E-state index contributed by atoms with van der Waals surface area (Å²) >= 11 is 1.25. The third kappa shape index (κ3) is 7.79. The number of carbonyl (C=O) groups is 1. The standard InChI is InChI=1S/C19H26N4O3S2/c1-19(2,3)16-8-4-14(5-9-16)12-21-18(24)22-27-13-15-6-10-17(11-7-15)23-28(20,25)26/h4-11,23H,12-13H2,1-3H3,(H2,20,25,26)(H2,21,22,24). The molecule has 0 heterocycles. The Morgan fingerprint density at radius 2 is 1.57 bits per heavy atom. The Balaban J connectivity index is 1.72. The van der Waals surface area contributed by atoms with E-state index in [9.17, 15) is 13.2 Å². The summed E-state index contributed by atoms with van der Waals surface area (Å²) in [5.74, 6) is 0.545. The Labute approximate surface area is 170 Å². The van der Waals surface area contributed by atoms with Crippen molar-refractivity contribution >= 4 is 33.9 Å². The van der Waals surface area contributed by atoms with Crippen LogP contribution in [0.3, 0.4) is 0 Å². The van der Waals surface area contributed by atoms with E-state index in [2.05, 4.69) is 47.7 Å². The molecule has 28 heavy (non-hydrogen) atoms. The van der Waals surface area contributed by atoms with Crippen LogP contribution in [0.4, 0.5) is 10.5 Å². The number of hydrogen-bond acceptors (Lipinski definition) is 4. The Morgan fingerprint density at radius 3 is 2.11 bits per heavy atom. The largest absolute Gasteiger partial charge is 0.333 e. The van der Waals surface area contributed by atoms with Crippen LogP contribution in [-0.2, 0) is 27.9 Å². The highest BCUT2D eigenvalue weighted by atomic mass is 32.2. The van der Waals surface area contributed by atoms with Gasteiger partial charge in [-0.3, -0.25) is 9.44 Å². The van der Waals surface area contributed by atoms with Crippen LogP contribution in [0.25, 0.3) is 0 Å². The van der Waals surface area contributed by atoms with Gasteiger partial charge in [0.1, 0.15) is 0 Å². The zero-order chi connectivity index (χ0) is 20.8. The van der Waals surface area contributed by atoms with Gasteiger partial charge in [-0.2, -0.15) is 8.42 Å². The minimum atomic E-state index is -3.78. The molecule has 7 nitrogen and oxygen atoms in total. The van der Waals surface area contributed by atoms with Crippen molar-refractivity contribution < 1.29 is 13.2 Å². The van der Waals surface area contributed by atoms with E-state index in [4.69, 9.17) is 5.14 Å². The molecule has 0 radical (unpaired) electrons. The first kappa shape index (κ1) is 22.1. The number of anilines is 1. The number of nitrogens with two attached hydrogens (primary N) is 1. The average molecular weight is 423 g/mol. The van der Waals surface area contributed by atoms with Gasteiger partial charge in [0.05, 0.1) is 0 Å². The first-order chi connectivity index (χ1) is 13.0. The van der Waals surface area contributed by atoms with E-state index >= 15 is 0 Å². The van der Waals surface area contributed by atoms with Gasteiger partial charge in [0.2, 0.25) is 0 Å². The lowest BCUT2D eigenvalue weighted by Crippen LogP contribution is -2.30. The molecular weight excluding hydrogens is 396 g/mol. The van der Waals surface area contributed by atoms with Gasteiger partial charge in [-0.05, 0) is 46.2 Å². The van der Waals surface area contributed by atoms with Gasteiger partial charge in [0.15, 0.2) is 0 Å². The smallest absolute Gasteiger partial charge is 0.325 e. The Kier molecular flexibility index (Phi) is 7.34. The van der Waals surface area contributed by atoms with Gasteiger partial charge in [-0.25, -0.2) is 9.93 Å². The van der Waals surface area contributed by atoms with Gasteiger partial charge in [-0.15, -0.1) is 0 Å². The van der Waals surface area contributed by atoms with Crippen molar-refractivity contribution in [3.05, 3.63) is 65.2 Å². The maximum atomic E-state index is 11.9. The predicted octanol–water partition coefficient (Wildman–Crippen LogP) is 3.25. The Morgan fingerprint density at radius 1 is 1.00 bits per heavy atom. The van der Waals surface area contributed by atoms with Crippen LogP contribution in [0.5, 0.6) is 0 Å². The second-order valence-corrected chi connectivity index (χ2v) is 9.44. The summed E-state index contributed by atoms with van der Waals surface area (Å²) in [7, 11) is -3.78. The average Bonchev–Trinajstić information content (AvgIpc) is 2.60. The van der Waals surface area contributed by atoms with Crippen molar-refractivity contribution in [1.82, 2.24) is 10.0 Å². The Hall–Kier alpha value is -2.23. The molecule has 0 aromatic heterocycles. The van der Waals surface area contributed by atoms with E-state index in [1.165, 1.54) is 17.5 Å². The summed E-state index contributed by atoms with van der Waals surface area (Å²) < 4.78 is 26.8. The summed E-state index contributed by atoms with van der Waals surface area (Å²) in [6.45, 7) is 6.93. The van der Waals surface area contributed by atoms with Crippen LogP contribution in [0.2, 0.25) is 0 Å². The lowest BCUT2D eigenvalue weighted by molar-refractivity contribution is 0.246. The monoisotopic (exact) mass is 422 g/mol. The number of benzene rings is 2. The SMILES string of the molecule is CC(C)(C)c1ccc(CNC(=O)NSCc2ccc(NS(N)(=O)=O)cc2)cc1. The third-order valence-corrected chi connectivity index (χ3v) is 5.22. The molecule has 0 aliphatic heterocycles. The minimum Gasteiger partial charge on any atom is -0.333 e. The maximum absolute atomic E-state index is 11.9.